The molecule has 4 amide bonds. The zero-order valence-electron chi connectivity index (χ0n) is 19.7. The minimum Gasteiger partial charge on any atom is -0.444 e. The van der Waals surface area contributed by atoms with Crippen LogP contribution in [0.1, 0.15) is 52.0 Å². The highest BCUT2D eigenvalue weighted by Gasteiger charge is 2.48. The summed E-state index contributed by atoms with van der Waals surface area (Å²) in [6.45, 7) is 7.44. The Bertz CT molecular complexity index is 863. The topological polar surface area (TPSA) is 91.4 Å². The maximum atomic E-state index is 13.0. The summed E-state index contributed by atoms with van der Waals surface area (Å²) in [5, 5.41) is 4.55. The van der Waals surface area contributed by atoms with Gasteiger partial charge in [-0.25, -0.2) is 9.59 Å². The van der Waals surface area contributed by atoms with E-state index >= 15 is 0 Å². The number of carbonyl (C=O) groups excluding carboxylic acids is 3. The van der Waals surface area contributed by atoms with Crippen LogP contribution in [0, 0.1) is 0 Å². The highest BCUT2D eigenvalue weighted by Crippen LogP contribution is 2.31. The number of nitrogens with one attached hydrogen (secondary N) is 1. The van der Waals surface area contributed by atoms with Crippen LogP contribution in [0.2, 0.25) is 0 Å². The molecule has 0 unspecified atom stereocenters. The molecular weight excluding hydrogens is 424 g/mol. The number of amides is 4. The summed E-state index contributed by atoms with van der Waals surface area (Å²) in [4.78, 5) is 47.3. The zero-order valence-corrected chi connectivity index (χ0v) is 19.7. The summed E-state index contributed by atoms with van der Waals surface area (Å²) >= 11 is 0. The molecule has 3 heterocycles. The van der Waals surface area contributed by atoms with Crippen LogP contribution in [0.3, 0.4) is 0 Å². The lowest BCUT2D eigenvalue weighted by molar-refractivity contribution is -0.140. The van der Waals surface area contributed by atoms with Crippen molar-refractivity contribution in [2.24, 2.45) is 0 Å². The normalized spacial score (nSPS) is 23.6. The number of hydroxylamine groups is 2. The van der Waals surface area contributed by atoms with Crippen LogP contribution in [0.4, 0.5) is 9.59 Å². The van der Waals surface area contributed by atoms with Gasteiger partial charge in [0.15, 0.2) is 0 Å². The summed E-state index contributed by atoms with van der Waals surface area (Å²) in [7, 11) is 0. The average Bonchev–Trinajstić information content (AvgIpc) is 3.01. The number of piperidine rings is 2. The quantitative estimate of drug-likeness (QED) is 0.733. The van der Waals surface area contributed by atoms with E-state index in [1.807, 2.05) is 51.1 Å². The molecule has 0 aromatic heterocycles. The van der Waals surface area contributed by atoms with Crippen molar-refractivity contribution in [2.45, 2.75) is 76.8 Å². The van der Waals surface area contributed by atoms with E-state index in [9.17, 15) is 14.4 Å². The minimum absolute atomic E-state index is 0.0166. The Morgan fingerprint density at radius 3 is 2.42 bits per heavy atom. The molecule has 2 bridgehead atoms. The summed E-state index contributed by atoms with van der Waals surface area (Å²) in [6.07, 6.45) is 2.36. The first-order valence-corrected chi connectivity index (χ1v) is 11.8. The number of likely N-dealkylation sites (tertiary alicyclic amines) is 1. The molecule has 1 aromatic carbocycles. The molecular formula is C24H34N4O5. The van der Waals surface area contributed by atoms with Gasteiger partial charge in [0.05, 0.1) is 6.04 Å². The van der Waals surface area contributed by atoms with Gasteiger partial charge in [0, 0.05) is 25.7 Å². The highest BCUT2D eigenvalue weighted by atomic mass is 16.7. The molecule has 9 heteroatoms. The zero-order chi connectivity index (χ0) is 23.6. The second-order valence-electron chi connectivity index (χ2n) is 10.0. The highest BCUT2D eigenvalue weighted by molar-refractivity contribution is 5.88. The van der Waals surface area contributed by atoms with E-state index in [1.165, 1.54) is 5.06 Å². The number of fused-ring (bicyclic) bond motifs is 2. The minimum atomic E-state index is -0.526. The van der Waals surface area contributed by atoms with Gasteiger partial charge in [-0.15, -0.1) is 0 Å². The molecule has 0 saturated carbocycles. The van der Waals surface area contributed by atoms with Crippen LogP contribution >= 0.6 is 0 Å². The van der Waals surface area contributed by atoms with Crippen molar-refractivity contribution in [1.29, 1.82) is 0 Å². The van der Waals surface area contributed by atoms with Gasteiger partial charge < -0.3 is 19.9 Å². The number of nitrogens with zero attached hydrogens (tertiary/aromatic N) is 3. The number of rotatable bonds is 5. The SMILES string of the molecule is CC(C)(C)OC(=O)N1CCC(NC(=O)[C@H]2CC[C@H]3CN2C(=O)N3OCc2ccccc2)CC1. The molecule has 0 aliphatic carbocycles. The Morgan fingerprint density at radius 1 is 1.06 bits per heavy atom. The smallest absolute Gasteiger partial charge is 0.410 e. The van der Waals surface area contributed by atoms with Gasteiger partial charge in [-0.05, 0) is 52.0 Å². The second kappa shape index (κ2) is 9.59. The summed E-state index contributed by atoms with van der Waals surface area (Å²) in [5.41, 5.74) is 0.468. The predicted octanol–water partition coefficient (Wildman–Crippen LogP) is 2.90. The summed E-state index contributed by atoms with van der Waals surface area (Å²) < 4.78 is 5.43. The van der Waals surface area contributed by atoms with Crippen LogP contribution in [-0.4, -0.2) is 76.3 Å². The summed E-state index contributed by atoms with van der Waals surface area (Å²) in [5.74, 6) is -0.123. The molecule has 180 valence electrons. The fourth-order valence-electron chi connectivity index (χ4n) is 4.62. The van der Waals surface area contributed by atoms with E-state index < -0.39 is 11.6 Å². The first kappa shape index (κ1) is 23.4. The molecule has 3 aliphatic heterocycles. The van der Waals surface area contributed by atoms with E-state index in [0.29, 0.717) is 45.5 Å². The third-order valence-electron chi connectivity index (χ3n) is 6.33. The molecule has 3 fully saturated rings. The van der Waals surface area contributed by atoms with E-state index in [2.05, 4.69) is 5.32 Å². The van der Waals surface area contributed by atoms with Gasteiger partial charge >= 0.3 is 12.1 Å². The predicted molar refractivity (Wildman–Crippen MR) is 121 cm³/mol. The molecule has 0 radical (unpaired) electrons. The number of hydrogen-bond donors (Lipinski definition) is 1. The standard InChI is InChI=1S/C24H34N4O5/c1-24(2,3)33-23(31)26-13-11-18(12-14-26)25-21(29)20-10-9-19-15-27(20)22(30)28(19)32-16-17-7-5-4-6-8-17/h4-8,18-20H,9-16H2,1-3H3,(H,25,29)/t19-,20+/m0/s1. The third kappa shape index (κ3) is 5.58. The van der Waals surface area contributed by atoms with E-state index in [1.54, 1.807) is 9.80 Å². The lowest BCUT2D eigenvalue weighted by atomic mass is 9.99. The number of carbonyl (C=O) groups is 3. The van der Waals surface area contributed by atoms with Crippen LogP contribution in [0.5, 0.6) is 0 Å². The average molecular weight is 459 g/mol. The van der Waals surface area contributed by atoms with Crippen molar-refractivity contribution in [3.8, 4) is 0 Å². The van der Waals surface area contributed by atoms with Gasteiger partial charge in [0.25, 0.3) is 0 Å². The lowest BCUT2D eigenvalue weighted by Gasteiger charge is -2.35. The Morgan fingerprint density at radius 2 is 1.76 bits per heavy atom. The van der Waals surface area contributed by atoms with Gasteiger partial charge in [-0.3, -0.25) is 9.63 Å². The second-order valence-corrected chi connectivity index (χ2v) is 10.0. The number of ether oxygens (including phenoxy) is 1. The lowest BCUT2D eigenvalue weighted by Crippen LogP contribution is -2.54. The first-order chi connectivity index (χ1) is 15.7. The van der Waals surface area contributed by atoms with Gasteiger partial charge in [0.2, 0.25) is 5.91 Å². The third-order valence-corrected chi connectivity index (χ3v) is 6.33. The fourth-order valence-corrected chi connectivity index (χ4v) is 4.62. The Balaban J connectivity index is 1.26. The van der Waals surface area contributed by atoms with Crippen molar-refractivity contribution in [3.05, 3.63) is 35.9 Å². The molecule has 3 saturated heterocycles. The van der Waals surface area contributed by atoms with Crippen molar-refractivity contribution in [3.63, 3.8) is 0 Å². The number of benzene rings is 1. The number of hydrogen-bond acceptors (Lipinski definition) is 5. The number of urea groups is 1. The van der Waals surface area contributed by atoms with Crippen molar-refractivity contribution < 1.29 is 24.0 Å². The molecule has 2 atom stereocenters. The van der Waals surface area contributed by atoms with E-state index in [0.717, 1.165) is 12.0 Å². The molecule has 1 aromatic rings. The fraction of sp³-hybridized carbons (Fsp3) is 0.625. The monoisotopic (exact) mass is 458 g/mol. The van der Waals surface area contributed by atoms with Crippen LogP contribution in [0.25, 0.3) is 0 Å². The maximum absolute atomic E-state index is 13.0. The Kier molecular flexibility index (Phi) is 6.78. The molecule has 1 N–H and O–H groups in total. The van der Waals surface area contributed by atoms with Crippen LogP contribution < -0.4 is 5.32 Å². The van der Waals surface area contributed by atoms with Gasteiger partial charge in [-0.2, -0.15) is 5.06 Å². The largest absolute Gasteiger partial charge is 0.444 e. The molecule has 9 nitrogen and oxygen atoms in total. The van der Waals surface area contributed by atoms with Gasteiger partial charge in [-0.1, -0.05) is 30.3 Å². The Labute approximate surface area is 194 Å². The van der Waals surface area contributed by atoms with Crippen molar-refractivity contribution in [2.75, 3.05) is 19.6 Å². The molecule has 4 rings (SSSR count). The van der Waals surface area contributed by atoms with Crippen molar-refractivity contribution in [1.82, 2.24) is 20.2 Å². The maximum Gasteiger partial charge on any atom is 0.410 e. The summed E-state index contributed by atoms with van der Waals surface area (Å²) in [6, 6.07) is 8.95. The van der Waals surface area contributed by atoms with E-state index in [4.69, 9.17) is 9.57 Å². The first-order valence-electron chi connectivity index (χ1n) is 11.8. The molecule has 33 heavy (non-hydrogen) atoms. The van der Waals surface area contributed by atoms with Crippen LogP contribution in [0.15, 0.2) is 30.3 Å². The molecule has 0 spiro atoms. The van der Waals surface area contributed by atoms with Crippen LogP contribution in [-0.2, 0) is 21.0 Å². The molecule has 3 aliphatic rings. The van der Waals surface area contributed by atoms with E-state index in [-0.39, 0.29) is 30.1 Å². The van der Waals surface area contributed by atoms with Crippen molar-refractivity contribution >= 4 is 18.0 Å². The Hall–Kier alpha value is -2.81. The van der Waals surface area contributed by atoms with Gasteiger partial charge in [0.1, 0.15) is 18.2 Å².